The van der Waals surface area contributed by atoms with Crippen LogP contribution < -0.4 is 0 Å². The molecule has 4 heteroatoms. The van der Waals surface area contributed by atoms with Crippen LogP contribution in [0.15, 0.2) is 18.2 Å². The first-order valence-corrected chi connectivity index (χ1v) is 5.78. The minimum atomic E-state index is -0.831. The molecule has 0 saturated carbocycles. The van der Waals surface area contributed by atoms with Crippen LogP contribution in [0.3, 0.4) is 0 Å². The molecule has 1 N–H and O–H groups in total. The molecule has 0 spiro atoms. The van der Waals surface area contributed by atoms with E-state index in [1.165, 1.54) is 6.07 Å². The molecule has 0 aliphatic carbocycles. The van der Waals surface area contributed by atoms with Crippen molar-refractivity contribution in [2.45, 2.75) is 19.3 Å². The Morgan fingerprint density at radius 2 is 1.94 bits per heavy atom. The van der Waals surface area contributed by atoms with Crippen molar-refractivity contribution in [3.63, 3.8) is 0 Å². The summed E-state index contributed by atoms with van der Waals surface area (Å²) in [6.07, 6.45) is 1.72. The Morgan fingerprint density at radius 3 is 2.59 bits per heavy atom. The molecule has 0 amide bonds. The van der Waals surface area contributed by atoms with E-state index < -0.39 is 11.6 Å². The summed E-state index contributed by atoms with van der Waals surface area (Å²) in [7, 11) is 0. The summed E-state index contributed by atoms with van der Waals surface area (Å²) in [6, 6.07) is 4.18. The average molecular weight is 242 g/mol. The van der Waals surface area contributed by atoms with Gasteiger partial charge in [-0.3, -0.25) is 0 Å². The Balaban J connectivity index is 2.20. The summed E-state index contributed by atoms with van der Waals surface area (Å²) in [4.78, 5) is 0. The third-order valence-corrected chi connectivity index (χ3v) is 3.49. The lowest BCUT2D eigenvalue weighted by atomic mass is 9.76. The van der Waals surface area contributed by atoms with Gasteiger partial charge in [0.05, 0.1) is 0 Å². The molecule has 1 aliphatic rings. The zero-order chi connectivity index (χ0) is 12.3. The molecular formula is C13H16F2O2. The molecule has 0 radical (unpaired) electrons. The molecule has 0 unspecified atom stereocenters. The molecule has 1 aromatic rings. The quantitative estimate of drug-likeness (QED) is 0.881. The zero-order valence-electron chi connectivity index (χ0n) is 9.59. The molecule has 0 bridgehead atoms. The van der Waals surface area contributed by atoms with Crippen molar-refractivity contribution >= 4 is 0 Å². The van der Waals surface area contributed by atoms with Gasteiger partial charge in [-0.2, -0.15) is 0 Å². The second-order valence-corrected chi connectivity index (χ2v) is 4.66. The third kappa shape index (κ3) is 2.64. The molecule has 2 nitrogen and oxygen atoms in total. The Morgan fingerprint density at radius 1 is 1.24 bits per heavy atom. The number of ether oxygens (including phenoxy) is 1. The average Bonchev–Trinajstić information content (AvgIpc) is 2.36. The fourth-order valence-electron chi connectivity index (χ4n) is 2.28. The van der Waals surface area contributed by atoms with Crippen LogP contribution in [-0.2, 0) is 11.2 Å². The minimum absolute atomic E-state index is 0.0215. The van der Waals surface area contributed by atoms with Crippen molar-refractivity contribution in [1.29, 1.82) is 0 Å². The van der Waals surface area contributed by atoms with Crippen LogP contribution in [0.1, 0.15) is 18.4 Å². The second-order valence-electron chi connectivity index (χ2n) is 4.66. The number of aliphatic hydroxyl groups is 1. The van der Waals surface area contributed by atoms with E-state index in [-0.39, 0.29) is 12.0 Å². The number of aliphatic hydroxyl groups excluding tert-OH is 1. The van der Waals surface area contributed by atoms with Crippen molar-refractivity contribution in [2.24, 2.45) is 5.41 Å². The summed E-state index contributed by atoms with van der Waals surface area (Å²) in [5, 5.41) is 9.49. The Kier molecular flexibility index (Phi) is 3.74. The van der Waals surface area contributed by atoms with Crippen molar-refractivity contribution in [3.8, 4) is 0 Å². The van der Waals surface area contributed by atoms with Crippen LogP contribution in [0, 0.1) is 17.0 Å². The molecular weight excluding hydrogens is 226 g/mol. The predicted octanol–water partition coefficient (Wildman–Crippen LogP) is 2.30. The zero-order valence-corrected chi connectivity index (χ0v) is 9.59. The third-order valence-electron chi connectivity index (χ3n) is 3.49. The Bertz CT molecular complexity index is 387. The standard InChI is InChI=1S/C13H16F2O2/c14-11-3-1-2-10(12(11)15)8-13(9-16)4-6-17-7-5-13/h1-3,16H,4-9H2. The van der Waals surface area contributed by atoms with Gasteiger partial charge in [0.2, 0.25) is 0 Å². The molecule has 1 aromatic carbocycles. The first kappa shape index (κ1) is 12.5. The highest BCUT2D eigenvalue weighted by Crippen LogP contribution is 2.34. The molecule has 1 heterocycles. The first-order chi connectivity index (χ1) is 8.17. The SMILES string of the molecule is OCC1(Cc2cccc(F)c2F)CCOCC1. The minimum Gasteiger partial charge on any atom is -0.396 e. The van der Waals surface area contributed by atoms with E-state index in [0.717, 1.165) is 6.07 Å². The van der Waals surface area contributed by atoms with Gasteiger partial charge in [0.1, 0.15) is 0 Å². The molecule has 1 fully saturated rings. The van der Waals surface area contributed by atoms with Gasteiger partial charge in [0, 0.05) is 25.2 Å². The number of rotatable bonds is 3. The van der Waals surface area contributed by atoms with Gasteiger partial charge in [-0.15, -0.1) is 0 Å². The molecule has 1 saturated heterocycles. The fraction of sp³-hybridized carbons (Fsp3) is 0.538. The van der Waals surface area contributed by atoms with Gasteiger partial charge in [0.25, 0.3) is 0 Å². The fourth-order valence-corrected chi connectivity index (χ4v) is 2.28. The molecule has 17 heavy (non-hydrogen) atoms. The van der Waals surface area contributed by atoms with Crippen LogP contribution in [-0.4, -0.2) is 24.9 Å². The van der Waals surface area contributed by atoms with Crippen molar-refractivity contribution in [1.82, 2.24) is 0 Å². The van der Waals surface area contributed by atoms with E-state index in [1.807, 2.05) is 0 Å². The van der Waals surface area contributed by atoms with Crippen molar-refractivity contribution < 1.29 is 18.6 Å². The highest BCUT2D eigenvalue weighted by molar-refractivity contribution is 5.20. The number of hydrogen-bond acceptors (Lipinski definition) is 2. The van der Waals surface area contributed by atoms with Gasteiger partial charge in [-0.05, 0) is 30.9 Å². The number of hydrogen-bond donors (Lipinski definition) is 1. The first-order valence-electron chi connectivity index (χ1n) is 5.78. The van der Waals surface area contributed by atoms with Crippen molar-refractivity contribution in [3.05, 3.63) is 35.4 Å². The van der Waals surface area contributed by atoms with Crippen LogP contribution in [0.2, 0.25) is 0 Å². The summed E-state index contributed by atoms with van der Waals surface area (Å²) >= 11 is 0. The lowest BCUT2D eigenvalue weighted by Crippen LogP contribution is -2.35. The number of benzene rings is 1. The van der Waals surface area contributed by atoms with Gasteiger partial charge in [0.15, 0.2) is 11.6 Å². The highest BCUT2D eigenvalue weighted by Gasteiger charge is 2.33. The van der Waals surface area contributed by atoms with E-state index in [2.05, 4.69) is 0 Å². The second kappa shape index (κ2) is 5.10. The Hall–Kier alpha value is -1.00. The molecule has 0 atom stereocenters. The summed E-state index contributed by atoms with van der Waals surface area (Å²) in [5.41, 5.74) is -0.0340. The van der Waals surface area contributed by atoms with Crippen LogP contribution >= 0.6 is 0 Å². The summed E-state index contributed by atoms with van der Waals surface area (Å²) in [5.74, 6) is -1.63. The smallest absolute Gasteiger partial charge is 0.162 e. The van der Waals surface area contributed by atoms with Crippen LogP contribution in [0.5, 0.6) is 0 Å². The van der Waals surface area contributed by atoms with E-state index in [0.29, 0.717) is 38.0 Å². The highest BCUT2D eigenvalue weighted by atomic mass is 19.2. The lowest BCUT2D eigenvalue weighted by molar-refractivity contribution is -0.0162. The van der Waals surface area contributed by atoms with E-state index >= 15 is 0 Å². The maximum atomic E-state index is 13.6. The van der Waals surface area contributed by atoms with Gasteiger partial charge in [-0.25, -0.2) is 8.78 Å². The summed E-state index contributed by atoms with van der Waals surface area (Å²) in [6.45, 7) is 1.11. The van der Waals surface area contributed by atoms with E-state index in [9.17, 15) is 13.9 Å². The maximum Gasteiger partial charge on any atom is 0.162 e. The number of halogens is 2. The molecule has 94 valence electrons. The maximum absolute atomic E-state index is 13.6. The van der Waals surface area contributed by atoms with Gasteiger partial charge in [-0.1, -0.05) is 12.1 Å². The lowest BCUT2D eigenvalue weighted by Gasteiger charge is -2.35. The topological polar surface area (TPSA) is 29.5 Å². The normalized spacial score (nSPS) is 19.2. The summed E-state index contributed by atoms with van der Waals surface area (Å²) < 4.78 is 31.9. The van der Waals surface area contributed by atoms with E-state index in [1.54, 1.807) is 6.07 Å². The van der Waals surface area contributed by atoms with E-state index in [4.69, 9.17) is 4.74 Å². The van der Waals surface area contributed by atoms with Crippen LogP contribution in [0.4, 0.5) is 8.78 Å². The Labute approximate surface area is 99.2 Å². The van der Waals surface area contributed by atoms with Crippen LogP contribution in [0.25, 0.3) is 0 Å². The van der Waals surface area contributed by atoms with Gasteiger partial charge < -0.3 is 9.84 Å². The molecule has 1 aliphatic heterocycles. The largest absolute Gasteiger partial charge is 0.396 e. The predicted molar refractivity (Wildman–Crippen MR) is 59.6 cm³/mol. The molecule has 0 aromatic heterocycles. The monoisotopic (exact) mass is 242 g/mol. The van der Waals surface area contributed by atoms with Gasteiger partial charge >= 0.3 is 0 Å². The molecule has 2 rings (SSSR count). The van der Waals surface area contributed by atoms with Crippen molar-refractivity contribution in [2.75, 3.05) is 19.8 Å².